The van der Waals surface area contributed by atoms with E-state index in [-0.39, 0.29) is 37.4 Å². The predicted octanol–water partition coefficient (Wildman–Crippen LogP) is 1.21. The van der Waals surface area contributed by atoms with Gasteiger partial charge in [0.2, 0.25) is 5.91 Å². The largest absolute Gasteiger partial charge is 0.482 e. The Morgan fingerprint density at radius 2 is 1.44 bits per heavy atom. The van der Waals surface area contributed by atoms with Crippen molar-refractivity contribution in [1.29, 1.82) is 0 Å². The Bertz CT molecular complexity index is 941. The summed E-state index contributed by atoms with van der Waals surface area (Å²) in [5.41, 5.74) is 2.78. The molecule has 3 amide bonds. The number of fused-ring (bicyclic) bond motifs is 2. The first-order chi connectivity index (χ1) is 13.1. The summed E-state index contributed by atoms with van der Waals surface area (Å²) in [5, 5.41) is 8.30. The lowest BCUT2D eigenvalue weighted by Crippen LogP contribution is -2.27. The van der Waals surface area contributed by atoms with Crippen LogP contribution in [0.5, 0.6) is 11.5 Å². The first-order valence-electron chi connectivity index (χ1n) is 8.45. The van der Waals surface area contributed by atoms with Gasteiger partial charge in [-0.25, -0.2) is 0 Å². The summed E-state index contributed by atoms with van der Waals surface area (Å²) in [5.74, 6) is 0.635. The van der Waals surface area contributed by atoms with Crippen molar-refractivity contribution in [2.24, 2.45) is 0 Å². The van der Waals surface area contributed by atoms with Crippen LogP contribution >= 0.6 is 0 Å². The molecular formula is C19H17N3O5. The van der Waals surface area contributed by atoms with Crippen molar-refractivity contribution in [3.05, 3.63) is 47.5 Å². The van der Waals surface area contributed by atoms with Gasteiger partial charge in [-0.2, -0.15) is 0 Å². The number of carbonyl (C=O) groups is 3. The molecule has 0 saturated carbocycles. The van der Waals surface area contributed by atoms with E-state index < -0.39 is 0 Å². The van der Waals surface area contributed by atoms with Gasteiger partial charge in [-0.05, 0) is 35.4 Å². The highest BCUT2D eigenvalue weighted by Crippen LogP contribution is 2.29. The van der Waals surface area contributed by atoms with Crippen LogP contribution in [0.3, 0.4) is 0 Å². The minimum atomic E-state index is -0.215. The van der Waals surface area contributed by atoms with Crippen LogP contribution in [0.4, 0.5) is 11.4 Å². The second-order valence-electron chi connectivity index (χ2n) is 6.29. The molecule has 2 aliphatic heterocycles. The maximum absolute atomic E-state index is 12.2. The molecule has 2 aromatic rings. The van der Waals surface area contributed by atoms with E-state index in [0.29, 0.717) is 29.4 Å². The minimum Gasteiger partial charge on any atom is -0.482 e. The van der Waals surface area contributed by atoms with Gasteiger partial charge in [-0.1, -0.05) is 12.1 Å². The molecule has 0 fully saturated rings. The summed E-state index contributed by atoms with van der Waals surface area (Å²) in [6.07, 6.45) is 0.175. The quantitative estimate of drug-likeness (QED) is 0.753. The molecule has 4 rings (SSSR count). The normalized spacial score (nSPS) is 14.7. The van der Waals surface area contributed by atoms with E-state index >= 15 is 0 Å². The molecular weight excluding hydrogens is 350 g/mol. The first-order valence-corrected chi connectivity index (χ1v) is 8.45. The zero-order valence-electron chi connectivity index (χ0n) is 14.3. The third-order valence-corrected chi connectivity index (χ3v) is 4.21. The highest BCUT2D eigenvalue weighted by Gasteiger charge is 2.17. The van der Waals surface area contributed by atoms with Crippen LogP contribution in [0.15, 0.2) is 36.4 Å². The molecule has 3 N–H and O–H groups in total. The summed E-state index contributed by atoms with van der Waals surface area (Å²) in [6.45, 7) is 0.335. The van der Waals surface area contributed by atoms with E-state index in [1.54, 1.807) is 30.3 Å². The maximum atomic E-state index is 12.2. The molecule has 0 unspecified atom stereocenters. The zero-order valence-corrected chi connectivity index (χ0v) is 14.3. The number of anilines is 2. The average Bonchev–Trinajstić information content (AvgIpc) is 2.65. The van der Waals surface area contributed by atoms with Gasteiger partial charge in [0, 0.05) is 6.54 Å². The topological polar surface area (TPSA) is 106 Å². The molecule has 27 heavy (non-hydrogen) atoms. The average molecular weight is 367 g/mol. The van der Waals surface area contributed by atoms with Gasteiger partial charge >= 0.3 is 0 Å². The molecule has 8 nitrogen and oxygen atoms in total. The molecule has 0 atom stereocenters. The highest BCUT2D eigenvalue weighted by atomic mass is 16.5. The second-order valence-corrected chi connectivity index (χ2v) is 6.29. The Kier molecular flexibility index (Phi) is 4.37. The molecule has 2 heterocycles. The lowest BCUT2D eigenvalue weighted by molar-refractivity contribution is -0.121. The lowest BCUT2D eigenvalue weighted by Gasteiger charge is -2.19. The molecule has 0 radical (unpaired) electrons. The highest BCUT2D eigenvalue weighted by molar-refractivity contribution is 5.96. The summed E-state index contributed by atoms with van der Waals surface area (Å²) in [7, 11) is 0. The number of carbonyl (C=O) groups excluding carboxylic acids is 3. The molecule has 8 heteroatoms. The van der Waals surface area contributed by atoms with Crippen LogP contribution in [-0.2, 0) is 27.3 Å². The Labute approximate surface area is 154 Å². The fourth-order valence-electron chi connectivity index (χ4n) is 2.93. The Balaban J connectivity index is 1.36. The fourth-order valence-corrected chi connectivity index (χ4v) is 2.93. The third-order valence-electron chi connectivity index (χ3n) is 4.21. The Hall–Kier alpha value is -3.55. The monoisotopic (exact) mass is 367 g/mol. The van der Waals surface area contributed by atoms with Gasteiger partial charge in [-0.3, -0.25) is 14.4 Å². The van der Waals surface area contributed by atoms with Crippen LogP contribution in [0.1, 0.15) is 11.1 Å². The number of hydrogen-bond donors (Lipinski definition) is 3. The molecule has 0 bridgehead atoms. The van der Waals surface area contributed by atoms with Crippen molar-refractivity contribution >= 4 is 29.1 Å². The van der Waals surface area contributed by atoms with E-state index in [9.17, 15) is 14.4 Å². The van der Waals surface area contributed by atoms with Crippen molar-refractivity contribution in [3.8, 4) is 11.5 Å². The number of hydrogen-bond acceptors (Lipinski definition) is 5. The minimum absolute atomic E-state index is 0.000888. The first kappa shape index (κ1) is 16.9. The van der Waals surface area contributed by atoms with Gasteiger partial charge in [0.1, 0.15) is 11.5 Å². The summed E-state index contributed by atoms with van der Waals surface area (Å²) in [6, 6.07) is 10.6. The molecule has 0 spiro atoms. The predicted molar refractivity (Wildman–Crippen MR) is 96.7 cm³/mol. The van der Waals surface area contributed by atoms with Crippen LogP contribution < -0.4 is 25.4 Å². The number of rotatable bonds is 4. The fraction of sp³-hybridized carbons (Fsp3) is 0.211. The summed E-state index contributed by atoms with van der Waals surface area (Å²) >= 11 is 0. The van der Waals surface area contributed by atoms with Gasteiger partial charge in [0.05, 0.1) is 17.8 Å². The van der Waals surface area contributed by atoms with Crippen molar-refractivity contribution in [3.63, 3.8) is 0 Å². The van der Waals surface area contributed by atoms with E-state index in [0.717, 1.165) is 11.1 Å². The molecule has 138 valence electrons. The molecule has 2 aromatic carbocycles. The van der Waals surface area contributed by atoms with Gasteiger partial charge in [-0.15, -0.1) is 0 Å². The van der Waals surface area contributed by atoms with E-state index in [4.69, 9.17) is 9.47 Å². The molecule has 0 aliphatic carbocycles. The SMILES string of the molecule is O=C(Cc1ccc2c(c1)NC(=O)CO2)NCc1ccc2c(c1)NC(=O)CO2. The third kappa shape index (κ3) is 3.84. The Morgan fingerprint density at radius 3 is 2.07 bits per heavy atom. The second kappa shape index (κ2) is 6.99. The summed E-state index contributed by atoms with van der Waals surface area (Å²) < 4.78 is 10.6. The maximum Gasteiger partial charge on any atom is 0.262 e. The zero-order chi connectivity index (χ0) is 18.8. The lowest BCUT2D eigenvalue weighted by atomic mass is 10.1. The van der Waals surface area contributed by atoms with Crippen LogP contribution in [-0.4, -0.2) is 30.9 Å². The standard InChI is InChI=1S/C19H17N3O5/c23-17(7-11-1-3-15-13(5-11)21-18(24)9-26-15)20-8-12-2-4-16-14(6-12)22-19(25)10-27-16/h1-6H,7-10H2,(H,20,23)(H,21,24)(H,22,25). The van der Waals surface area contributed by atoms with Gasteiger partial charge in [0.15, 0.2) is 13.2 Å². The molecule has 0 aromatic heterocycles. The molecule has 2 aliphatic rings. The smallest absolute Gasteiger partial charge is 0.262 e. The van der Waals surface area contributed by atoms with Crippen molar-refractivity contribution in [1.82, 2.24) is 5.32 Å². The van der Waals surface area contributed by atoms with E-state index in [1.165, 1.54) is 0 Å². The van der Waals surface area contributed by atoms with Crippen molar-refractivity contribution in [2.45, 2.75) is 13.0 Å². The van der Waals surface area contributed by atoms with Crippen LogP contribution in [0.25, 0.3) is 0 Å². The Morgan fingerprint density at radius 1 is 0.889 bits per heavy atom. The van der Waals surface area contributed by atoms with Crippen molar-refractivity contribution in [2.75, 3.05) is 23.8 Å². The summed E-state index contributed by atoms with van der Waals surface area (Å²) in [4.78, 5) is 35.0. The number of benzene rings is 2. The number of ether oxygens (including phenoxy) is 2. The van der Waals surface area contributed by atoms with E-state index in [2.05, 4.69) is 16.0 Å². The number of nitrogens with one attached hydrogen (secondary N) is 3. The van der Waals surface area contributed by atoms with Crippen LogP contribution in [0, 0.1) is 0 Å². The number of amides is 3. The van der Waals surface area contributed by atoms with Crippen molar-refractivity contribution < 1.29 is 23.9 Å². The van der Waals surface area contributed by atoms with Crippen LogP contribution in [0.2, 0.25) is 0 Å². The van der Waals surface area contributed by atoms with E-state index in [1.807, 2.05) is 6.07 Å². The molecule has 0 saturated heterocycles. The van der Waals surface area contributed by atoms with Gasteiger partial charge < -0.3 is 25.4 Å². The van der Waals surface area contributed by atoms with Gasteiger partial charge in [0.25, 0.3) is 11.8 Å².